The molecule has 3 heteroatoms. The Hall–Kier alpha value is -0.570. The summed E-state index contributed by atoms with van der Waals surface area (Å²) in [6, 6.07) is 0. The molecule has 0 aliphatic carbocycles. The summed E-state index contributed by atoms with van der Waals surface area (Å²) in [4.78, 5) is 13.6. The van der Waals surface area contributed by atoms with Gasteiger partial charge in [0.2, 0.25) is 5.91 Å². The fraction of sp³-hybridized carbons (Fsp3) is 0.900. The summed E-state index contributed by atoms with van der Waals surface area (Å²) in [5.74, 6) is 1.13. The maximum absolute atomic E-state index is 11.8. The van der Waals surface area contributed by atoms with Gasteiger partial charge in [0, 0.05) is 20.1 Å². The molecule has 3 nitrogen and oxygen atoms in total. The standard InChI is InChI=1S/C10H20N2O/c1-4-12(3)10(13)9-5-8(2)6-11-7-9/h8-9,11H,4-7H2,1-3H3. The highest BCUT2D eigenvalue weighted by Crippen LogP contribution is 2.17. The molecule has 1 amide bonds. The van der Waals surface area contributed by atoms with E-state index in [1.807, 2.05) is 18.9 Å². The normalized spacial score (nSPS) is 28.5. The molecule has 0 aromatic heterocycles. The van der Waals surface area contributed by atoms with Gasteiger partial charge in [-0.25, -0.2) is 0 Å². The number of hydrogen-bond acceptors (Lipinski definition) is 2. The van der Waals surface area contributed by atoms with Crippen LogP contribution in [0.25, 0.3) is 0 Å². The van der Waals surface area contributed by atoms with E-state index >= 15 is 0 Å². The van der Waals surface area contributed by atoms with Crippen LogP contribution in [0.1, 0.15) is 20.3 Å². The first kappa shape index (κ1) is 10.5. The van der Waals surface area contributed by atoms with Crippen LogP contribution in [0.4, 0.5) is 0 Å². The first-order chi connectivity index (χ1) is 6.15. The molecule has 0 aromatic carbocycles. The van der Waals surface area contributed by atoms with Gasteiger partial charge in [0.05, 0.1) is 5.92 Å². The number of hydrogen-bond donors (Lipinski definition) is 1. The van der Waals surface area contributed by atoms with Gasteiger partial charge in [-0.2, -0.15) is 0 Å². The fourth-order valence-corrected chi connectivity index (χ4v) is 1.81. The van der Waals surface area contributed by atoms with Gasteiger partial charge in [-0.05, 0) is 25.8 Å². The fourth-order valence-electron chi connectivity index (χ4n) is 1.81. The molecule has 1 aliphatic heterocycles. The van der Waals surface area contributed by atoms with Crippen LogP contribution < -0.4 is 5.32 Å². The number of rotatable bonds is 2. The van der Waals surface area contributed by atoms with Gasteiger partial charge in [0.25, 0.3) is 0 Å². The molecular formula is C10H20N2O. The molecule has 1 aliphatic rings. The van der Waals surface area contributed by atoms with Crippen LogP contribution in [0.15, 0.2) is 0 Å². The van der Waals surface area contributed by atoms with Crippen molar-refractivity contribution in [3.05, 3.63) is 0 Å². The summed E-state index contributed by atoms with van der Waals surface area (Å²) >= 11 is 0. The minimum absolute atomic E-state index is 0.202. The highest BCUT2D eigenvalue weighted by molar-refractivity contribution is 5.78. The molecule has 2 atom stereocenters. The Bertz CT molecular complexity index is 182. The maximum atomic E-state index is 11.8. The van der Waals surface area contributed by atoms with Crippen LogP contribution in [0.5, 0.6) is 0 Å². The van der Waals surface area contributed by atoms with Crippen molar-refractivity contribution in [1.29, 1.82) is 0 Å². The number of nitrogens with zero attached hydrogens (tertiary/aromatic N) is 1. The average molecular weight is 184 g/mol. The molecule has 0 radical (unpaired) electrons. The second kappa shape index (κ2) is 4.61. The molecule has 1 saturated heterocycles. The lowest BCUT2D eigenvalue weighted by Gasteiger charge is -2.29. The maximum Gasteiger partial charge on any atom is 0.226 e. The average Bonchev–Trinajstić information content (AvgIpc) is 2.15. The quantitative estimate of drug-likeness (QED) is 0.685. The van der Waals surface area contributed by atoms with Crippen molar-refractivity contribution in [3.63, 3.8) is 0 Å². The molecule has 1 fully saturated rings. The SMILES string of the molecule is CCN(C)C(=O)C1CNCC(C)C1. The van der Waals surface area contributed by atoms with Crippen LogP contribution in [0.2, 0.25) is 0 Å². The Morgan fingerprint density at radius 1 is 1.54 bits per heavy atom. The third-order valence-electron chi connectivity index (χ3n) is 2.77. The lowest BCUT2D eigenvalue weighted by Crippen LogP contribution is -2.43. The van der Waals surface area contributed by atoms with E-state index in [1.54, 1.807) is 0 Å². The van der Waals surface area contributed by atoms with Crippen molar-refractivity contribution in [2.75, 3.05) is 26.7 Å². The zero-order valence-electron chi connectivity index (χ0n) is 8.84. The van der Waals surface area contributed by atoms with Gasteiger partial charge in [-0.3, -0.25) is 4.79 Å². The molecule has 2 unspecified atom stereocenters. The molecule has 0 spiro atoms. The predicted molar refractivity (Wildman–Crippen MR) is 53.5 cm³/mol. The molecule has 0 aromatic rings. The third-order valence-corrected chi connectivity index (χ3v) is 2.77. The second-order valence-electron chi connectivity index (χ2n) is 4.05. The number of amides is 1. The van der Waals surface area contributed by atoms with Crippen molar-refractivity contribution < 1.29 is 4.79 Å². The Morgan fingerprint density at radius 2 is 2.23 bits per heavy atom. The molecular weight excluding hydrogens is 164 g/mol. The molecule has 1 heterocycles. The Kier molecular flexibility index (Phi) is 3.72. The van der Waals surface area contributed by atoms with E-state index in [4.69, 9.17) is 0 Å². The van der Waals surface area contributed by atoms with E-state index in [2.05, 4.69) is 12.2 Å². The van der Waals surface area contributed by atoms with E-state index in [9.17, 15) is 4.79 Å². The van der Waals surface area contributed by atoms with E-state index in [1.165, 1.54) is 0 Å². The van der Waals surface area contributed by atoms with Crippen LogP contribution in [-0.2, 0) is 4.79 Å². The summed E-state index contributed by atoms with van der Waals surface area (Å²) in [6.07, 6.45) is 1.04. The summed E-state index contributed by atoms with van der Waals surface area (Å²) in [7, 11) is 1.88. The topological polar surface area (TPSA) is 32.3 Å². The molecule has 1 N–H and O–H groups in total. The summed E-state index contributed by atoms with van der Waals surface area (Å²) in [5, 5.41) is 3.30. The molecule has 1 rings (SSSR count). The summed E-state index contributed by atoms with van der Waals surface area (Å²) < 4.78 is 0. The van der Waals surface area contributed by atoms with E-state index in [-0.39, 0.29) is 5.92 Å². The monoisotopic (exact) mass is 184 g/mol. The largest absolute Gasteiger partial charge is 0.346 e. The molecule has 76 valence electrons. The zero-order chi connectivity index (χ0) is 9.84. The van der Waals surface area contributed by atoms with Crippen LogP contribution >= 0.6 is 0 Å². The minimum Gasteiger partial charge on any atom is -0.346 e. The van der Waals surface area contributed by atoms with Gasteiger partial charge in [0.15, 0.2) is 0 Å². The molecule has 0 saturated carbocycles. The van der Waals surface area contributed by atoms with Gasteiger partial charge in [0.1, 0.15) is 0 Å². The van der Waals surface area contributed by atoms with Gasteiger partial charge >= 0.3 is 0 Å². The Morgan fingerprint density at radius 3 is 2.77 bits per heavy atom. The highest BCUT2D eigenvalue weighted by Gasteiger charge is 2.26. The van der Waals surface area contributed by atoms with E-state index in [0.29, 0.717) is 11.8 Å². The highest BCUT2D eigenvalue weighted by atomic mass is 16.2. The number of nitrogens with one attached hydrogen (secondary N) is 1. The predicted octanol–water partition coefficient (Wildman–Crippen LogP) is 0.710. The van der Waals surface area contributed by atoms with Crippen LogP contribution in [0, 0.1) is 11.8 Å². The smallest absolute Gasteiger partial charge is 0.226 e. The van der Waals surface area contributed by atoms with Crippen LogP contribution in [-0.4, -0.2) is 37.5 Å². The first-order valence-electron chi connectivity index (χ1n) is 5.10. The Labute approximate surface area is 80.5 Å². The van der Waals surface area contributed by atoms with Crippen molar-refractivity contribution in [2.24, 2.45) is 11.8 Å². The molecule has 13 heavy (non-hydrogen) atoms. The number of carbonyl (C=O) groups excluding carboxylic acids is 1. The summed E-state index contributed by atoms with van der Waals surface area (Å²) in [5.41, 5.74) is 0. The number of carbonyl (C=O) groups is 1. The molecule has 0 bridgehead atoms. The summed E-state index contributed by atoms with van der Waals surface area (Å²) in [6.45, 7) is 6.92. The van der Waals surface area contributed by atoms with Crippen LogP contribution in [0.3, 0.4) is 0 Å². The van der Waals surface area contributed by atoms with Crippen molar-refractivity contribution in [1.82, 2.24) is 10.2 Å². The zero-order valence-corrected chi connectivity index (χ0v) is 8.84. The van der Waals surface area contributed by atoms with Gasteiger partial charge in [-0.1, -0.05) is 6.92 Å². The van der Waals surface area contributed by atoms with E-state index < -0.39 is 0 Å². The first-order valence-corrected chi connectivity index (χ1v) is 5.10. The van der Waals surface area contributed by atoms with Crippen molar-refractivity contribution >= 4 is 5.91 Å². The third kappa shape index (κ3) is 2.69. The van der Waals surface area contributed by atoms with Crippen molar-refractivity contribution in [3.8, 4) is 0 Å². The van der Waals surface area contributed by atoms with E-state index in [0.717, 1.165) is 26.1 Å². The number of piperidine rings is 1. The Balaban J connectivity index is 2.46. The minimum atomic E-state index is 0.202. The lowest BCUT2D eigenvalue weighted by atomic mass is 9.91. The van der Waals surface area contributed by atoms with Gasteiger partial charge < -0.3 is 10.2 Å². The second-order valence-corrected chi connectivity index (χ2v) is 4.05. The lowest BCUT2D eigenvalue weighted by molar-refractivity contribution is -0.134. The van der Waals surface area contributed by atoms with Crippen molar-refractivity contribution in [2.45, 2.75) is 20.3 Å². The van der Waals surface area contributed by atoms with Gasteiger partial charge in [-0.15, -0.1) is 0 Å².